The van der Waals surface area contributed by atoms with Crippen molar-refractivity contribution in [1.29, 1.82) is 0 Å². The number of aryl methyl sites for hydroxylation is 1. The minimum Gasteiger partial charge on any atom is -0.469 e. The highest BCUT2D eigenvalue weighted by Crippen LogP contribution is 2.35. The van der Waals surface area contributed by atoms with Gasteiger partial charge in [-0.15, -0.1) is 0 Å². The quantitative estimate of drug-likeness (QED) is 0.485. The van der Waals surface area contributed by atoms with E-state index in [-0.39, 0.29) is 29.2 Å². The molecular formula is C18H21N5O4. The zero-order valence-corrected chi connectivity index (χ0v) is 15.2. The highest BCUT2D eigenvalue weighted by Gasteiger charge is 2.32. The summed E-state index contributed by atoms with van der Waals surface area (Å²) >= 11 is 0. The first-order chi connectivity index (χ1) is 13.0. The van der Waals surface area contributed by atoms with Crippen LogP contribution in [0.4, 0.5) is 23.0 Å². The molecule has 0 radical (unpaired) electrons. The number of esters is 1. The molecule has 1 aliphatic rings. The van der Waals surface area contributed by atoms with Crippen LogP contribution in [0.1, 0.15) is 18.4 Å². The van der Waals surface area contributed by atoms with Crippen LogP contribution in [0.25, 0.3) is 0 Å². The van der Waals surface area contributed by atoms with Gasteiger partial charge in [-0.25, -0.2) is 9.97 Å². The molecule has 1 aliphatic heterocycles. The highest BCUT2D eigenvalue weighted by molar-refractivity contribution is 5.75. The molecule has 9 heteroatoms. The van der Waals surface area contributed by atoms with Gasteiger partial charge in [-0.3, -0.25) is 14.9 Å². The number of nitrogens with one attached hydrogen (secondary N) is 1. The second-order valence-electron chi connectivity index (χ2n) is 6.43. The molecule has 142 valence electrons. The fourth-order valence-electron chi connectivity index (χ4n) is 3.21. The maximum atomic E-state index is 11.7. The average Bonchev–Trinajstić information content (AvgIpc) is 2.67. The molecule has 1 N–H and O–H groups in total. The van der Waals surface area contributed by atoms with Crippen molar-refractivity contribution in [3.8, 4) is 0 Å². The van der Waals surface area contributed by atoms with Crippen LogP contribution >= 0.6 is 0 Å². The molecule has 0 atom stereocenters. The summed E-state index contributed by atoms with van der Waals surface area (Å²) in [6.07, 6.45) is 2.44. The molecule has 0 aliphatic carbocycles. The Morgan fingerprint density at radius 3 is 2.70 bits per heavy atom. The van der Waals surface area contributed by atoms with Crippen LogP contribution in [-0.2, 0) is 9.53 Å². The maximum Gasteiger partial charge on any atom is 0.353 e. The number of carbonyl (C=O) groups excluding carboxylic acids is 1. The lowest BCUT2D eigenvalue weighted by molar-refractivity contribution is -0.383. The van der Waals surface area contributed by atoms with Crippen molar-refractivity contribution in [2.24, 2.45) is 5.92 Å². The summed E-state index contributed by atoms with van der Waals surface area (Å²) < 4.78 is 4.79. The monoisotopic (exact) mass is 371 g/mol. The van der Waals surface area contributed by atoms with Crippen molar-refractivity contribution in [2.45, 2.75) is 19.8 Å². The second-order valence-corrected chi connectivity index (χ2v) is 6.43. The summed E-state index contributed by atoms with van der Waals surface area (Å²) in [5, 5.41) is 14.8. The van der Waals surface area contributed by atoms with Crippen LogP contribution < -0.4 is 10.2 Å². The molecule has 1 aromatic heterocycles. The van der Waals surface area contributed by atoms with Gasteiger partial charge in [0.05, 0.1) is 18.0 Å². The number of hydrogen-bond donors (Lipinski definition) is 1. The van der Waals surface area contributed by atoms with Crippen LogP contribution in [0.3, 0.4) is 0 Å². The summed E-state index contributed by atoms with van der Waals surface area (Å²) in [7, 11) is 1.37. The molecule has 3 rings (SSSR count). The van der Waals surface area contributed by atoms with Gasteiger partial charge in [-0.05, 0) is 37.5 Å². The Balaban J connectivity index is 1.86. The van der Waals surface area contributed by atoms with E-state index in [1.54, 1.807) is 0 Å². The minimum absolute atomic E-state index is 0.144. The zero-order valence-electron chi connectivity index (χ0n) is 15.2. The molecule has 1 saturated heterocycles. The number of nitro groups is 1. The Kier molecular flexibility index (Phi) is 5.49. The number of aromatic nitrogens is 2. The van der Waals surface area contributed by atoms with E-state index in [2.05, 4.69) is 15.3 Å². The number of carbonyl (C=O) groups is 1. The Morgan fingerprint density at radius 2 is 2.07 bits per heavy atom. The molecule has 0 spiro atoms. The Morgan fingerprint density at radius 1 is 1.33 bits per heavy atom. The fourth-order valence-corrected chi connectivity index (χ4v) is 3.21. The first-order valence-electron chi connectivity index (χ1n) is 8.65. The van der Waals surface area contributed by atoms with Gasteiger partial charge < -0.3 is 15.0 Å². The largest absolute Gasteiger partial charge is 0.469 e. The smallest absolute Gasteiger partial charge is 0.353 e. The second kappa shape index (κ2) is 7.98. The average molecular weight is 371 g/mol. The van der Waals surface area contributed by atoms with Crippen molar-refractivity contribution in [3.05, 3.63) is 46.3 Å². The predicted octanol–water partition coefficient (Wildman–Crippen LogP) is 2.83. The number of piperidine rings is 1. The number of anilines is 3. The predicted molar refractivity (Wildman–Crippen MR) is 100 cm³/mol. The Labute approximate surface area is 156 Å². The number of rotatable bonds is 5. The van der Waals surface area contributed by atoms with E-state index < -0.39 is 4.92 Å². The van der Waals surface area contributed by atoms with Gasteiger partial charge in [-0.2, -0.15) is 0 Å². The van der Waals surface area contributed by atoms with Crippen molar-refractivity contribution in [1.82, 2.24) is 9.97 Å². The lowest BCUT2D eigenvalue weighted by Gasteiger charge is -2.31. The van der Waals surface area contributed by atoms with Crippen LogP contribution in [0, 0.1) is 23.0 Å². The van der Waals surface area contributed by atoms with E-state index in [9.17, 15) is 14.9 Å². The molecular weight excluding hydrogens is 350 g/mol. The lowest BCUT2D eigenvalue weighted by Crippen LogP contribution is -2.37. The van der Waals surface area contributed by atoms with Crippen molar-refractivity contribution < 1.29 is 14.5 Å². The SMILES string of the molecule is COC(=O)C1CCN(c2ncnc(Nc3cccc(C)c3)c2[N+](=O)[O-])CC1. The number of ether oxygens (including phenoxy) is 1. The summed E-state index contributed by atoms with van der Waals surface area (Å²) in [5.74, 6) is -0.0233. The normalized spacial score (nSPS) is 14.7. The molecule has 0 saturated carbocycles. The van der Waals surface area contributed by atoms with Gasteiger partial charge in [0.25, 0.3) is 0 Å². The van der Waals surface area contributed by atoms with E-state index in [4.69, 9.17) is 4.74 Å². The zero-order chi connectivity index (χ0) is 19.4. The van der Waals surface area contributed by atoms with E-state index in [0.29, 0.717) is 31.6 Å². The molecule has 9 nitrogen and oxygen atoms in total. The number of nitrogens with zero attached hydrogens (tertiary/aromatic N) is 4. The number of hydrogen-bond acceptors (Lipinski definition) is 8. The first kappa shape index (κ1) is 18.6. The summed E-state index contributed by atoms with van der Waals surface area (Å²) in [6, 6.07) is 7.51. The third-order valence-corrected chi connectivity index (χ3v) is 4.60. The first-order valence-corrected chi connectivity index (χ1v) is 8.65. The van der Waals surface area contributed by atoms with Crippen molar-refractivity contribution in [2.75, 3.05) is 30.4 Å². The maximum absolute atomic E-state index is 11.7. The van der Waals surface area contributed by atoms with Crippen molar-refractivity contribution >= 4 is 29.0 Å². The van der Waals surface area contributed by atoms with Gasteiger partial charge in [0, 0.05) is 18.8 Å². The third kappa shape index (κ3) is 4.13. The lowest BCUT2D eigenvalue weighted by atomic mass is 9.97. The van der Waals surface area contributed by atoms with Crippen LogP contribution in [0.15, 0.2) is 30.6 Å². The summed E-state index contributed by atoms with van der Waals surface area (Å²) in [5.41, 5.74) is 1.57. The van der Waals surface area contributed by atoms with Gasteiger partial charge in [0.1, 0.15) is 6.33 Å². The molecule has 0 unspecified atom stereocenters. The van der Waals surface area contributed by atoms with Crippen LogP contribution in [-0.4, -0.2) is 41.1 Å². The van der Waals surface area contributed by atoms with Gasteiger partial charge in [0.2, 0.25) is 11.6 Å². The molecule has 1 fully saturated rings. The topological polar surface area (TPSA) is 110 Å². The van der Waals surface area contributed by atoms with E-state index in [1.807, 2.05) is 36.1 Å². The molecule has 27 heavy (non-hydrogen) atoms. The minimum atomic E-state index is -0.472. The summed E-state index contributed by atoms with van der Waals surface area (Å²) in [6.45, 7) is 2.92. The van der Waals surface area contributed by atoms with Crippen LogP contribution in [0.5, 0.6) is 0 Å². The van der Waals surface area contributed by atoms with Gasteiger partial charge >= 0.3 is 11.7 Å². The van der Waals surface area contributed by atoms with Gasteiger partial charge in [0.15, 0.2) is 0 Å². The fraction of sp³-hybridized carbons (Fsp3) is 0.389. The van der Waals surface area contributed by atoms with Crippen molar-refractivity contribution in [3.63, 3.8) is 0 Å². The van der Waals surface area contributed by atoms with Gasteiger partial charge in [-0.1, -0.05) is 12.1 Å². The summed E-state index contributed by atoms with van der Waals surface area (Å²) in [4.78, 5) is 33.0. The molecule has 2 heterocycles. The van der Waals surface area contributed by atoms with E-state index in [0.717, 1.165) is 5.56 Å². The van der Waals surface area contributed by atoms with E-state index >= 15 is 0 Å². The third-order valence-electron chi connectivity index (χ3n) is 4.60. The standard InChI is InChI=1S/C18H21N5O4/c1-12-4-3-5-14(10-12)21-16-15(23(25)26)17(20-11-19-16)22-8-6-13(7-9-22)18(24)27-2/h3-5,10-11,13H,6-9H2,1-2H3,(H,19,20,21). The number of benzene rings is 1. The molecule has 2 aromatic rings. The highest BCUT2D eigenvalue weighted by atomic mass is 16.6. The molecule has 1 aromatic carbocycles. The molecule has 0 bridgehead atoms. The Hall–Kier alpha value is -3.23. The van der Waals surface area contributed by atoms with Crippen LogP contribution in [0.2, 0.25) is 0 Å². The molecule has 0 amide bonds. The van der Waals surface area contributed by atoms with E-state index in [1.165, 1.54) is 13.4 Å². The Bertz CT molecular complexity index is 849. The number of methoxy groups -OCH3 is 1.